The Morgan fingerprint density at radius 1 is 1.30 bits per heavy atom. The highest BCUT2D eigenvalue weighted by molar-refractivity contribution is 7.90. The number of carbonyl (C=O) groups is 1. The molecule has 2 rings (SSSR count). The van der Waals surface area contributed by atoms with Crippen molar-refractivity contribution in [3.8, 4) is 11.5 Å². The van der Waals surface area contributed by atoms with E-state index in [2.05, 4.69) is 4.72 Å². The second-order valence-electron chi connectivity index (χ2n) is 4.81. The molecule has 0 unspecified atom stereocenters. The molecule has 1 aromatic carbocycles. The minimum Gasteiger partial charge on any atom is -0.497 e. The van der Waals surface area contributed by atoms with E-state index in [1.54, 1.807) is 6.07 Å². The molecule has 0 aliphatic heterocycles. The predicted octanol–water partition coefficient (Wildman–Crippen LogP) is 1.16. The van der Waals surface area contributed by atoms with Gasteiger partial charge >= 0.3 is 0 Å². The van der Waals surface area contributed by atoms with Crippen molar-refractivity contribution in [1.82, 2.24) is 4.72 Å². The second-order valence-corrected chi connectivity index (χ2v) is 6.46. The smallest absolute Gasteiger partial charge is 0.267 e. The first-order chi connectivity index (χ1) is 9.39. The quantitative estimate of drug-likeness (QED) is 0.882. The molecule has 0 radical (unpaired) electrons. The lowest BCUT2D eigenvalue weighted by Crippen LogP contribution is -2.32. The molecule has 1 aliphatic carbocycles. The molecule has 1 aliphatic rings. The topological polar surface area (TPSA) is 81.7 Å². The minimum absolute atomic E-state index is 0.110. The molecule has 1 fully saturated rings. The van der Waals surface area contributed by atoms with Gasteiger partial charge < -0.3 is 9.47 Å². The maximum absolute atomic E-state index is 12.3. The van der Waals surface area contributed by atoms with Crippen LogP contribution in [0.2, 0.25) is 0 Å². The Kier molecular flexibility index (Phi) is 3.89. The first kappa shape index (κ1) is 14.6. The SMILES string of the molecule is COc1ccc(OC)c(S(=O)(=O)NC(=O)[C@H]2C[C@@H]2C)c1. The van der Waals surface area contributed by atoms with Gasteiger partial charge in [-0.15, -0.1) is 0 Å². The zero-order valence-corrected chi connectivity index (χ0v) is 12.4. The molecule has 1 aromatic rings. The normalized spacial score (nSPS) is 21.1. The van der Waals surface area contributed by atoms with Crippen molar-refractivity contribution in [1.29, 1.82) is 0 Å². The van der Waals surface area contributed by atoms with Crippen LogP contribution in [0.3, 0.4) is 0 Å². The van der Waals surface area contributed by atoms with Crippen molar-refractivity contribution >= 4 is 15.9 Å². The van der Waals surface area contributed by atoms with Crippen LogP contribution in [0.4, 0.5) is 0 Å². The van der Waals surface area contributed by atoms with Crippen molar-refractivity contribution in [2.45, 2.75) is 18.2 Å². The Hall–Kier alpha value is -1.76. The van der Waals surface area contributed by atoms with Gasteiger partial charge in [-0.1, -0.05) is 6.92 Å². The van der Waals surface area contributed by atoms with Crippen LogP contribution in [-0.2, 0) is 14.8 Å². The third kappa shape index (κ3) is 2.87. The van der Waals surface area contributed by atoms with Crippen LogP contribution in [0.5, 0.6) is 11.5 Å². The summed E-state index contributed by atoms with van der Waals surface area (Å²) in [6, 6.07) is 4.39. The molecule has 0 saturated heterocycles. The van der Waals surface area contributed by atoms with Gasteiger partial charge in [0.15, 0.2) is 0 Å². The lowest BCUT2D eigenvalue weighted by Gasteiger charge is -2.12. The number of sulfonamides is 1. The lowest BCUT2D eigenvalue weighted by molar-refractivity contribution is -0.120. The van der Waals surface area contributed by atoms with E-state index in [1.807, 2.05) is 6.92 Å². The van der Waals surface area contributed by atoms with Crippen molar-refractivity contribution in [2.75, 3.05) is 14.2 Å². The van der Waals surface area contributed by atoms with E-state index in [-0.39, 0.29) is 22.5 Å². The van der Waals surface area contributed by atoms with Crippen molar-refractivity contribution in [2.24, 2.45) is 11.8 Å². The Morgan fingerprint density at radius 2 is 1.95 bits per heavy atom. The Balaban J connectivity index is 2.30. The number of benzene rings is 1. The molecule has 0 bridgehead atoms. The van der Waals surface area contributed by atoms with Gasteiger partial charge in [-0.25, -0.2) is 13.1 Å². The number of nitrogens with one attached hydrogen (secondary N) is 1. The third-order valence-electron chi connectivity index (χ3n) is 3.34. The van der Waals surface area contributed by atoms with Crippen LogP contribution in [0.25, 0.3) is 0 Å². The summed E-state index contributed by atoms with van der Waals surface area (Å²) in [5.74, 6) is 0.0783. The first-order valence-corrected chi connectivity index (χ1v) is 7.66. The number of methoxy groups -OCH3 is 2. The molecule has 7 heteroatoms. The average molecular weight is 299 g/mol. The van der Waals surface area contributed by atoms with Crippen molar-refractivity contribution in [3.05, 3.63) is 18.2 Å². The summed E-state index contributed by atoms with van der Waals surface area (Å²) in [4.78, 5) is 11.7. The Bertz CT molecular complexity index is 626. The predicted molar refractivity (Wildman–Crippen MR) is 72.1 cm³/mol. The summed E-state index contributed by atoms with van der Waals surface area (Å²) in [6.07, 6.45) is 0.719. The van der Waals surface area contributed by atoms with E-state index < -0.39 is 15.9 Å². The molecule has 0 aromatic heterocycles. The molecule has 20 heavy (non-hydrogen) atoms. The molecular formula is C13H17NO5S. The van der Waals surface area contributed by atoms with Crippen LogP contribution in [0, 0.1) is 11.8 Å². The van der Waals surface area contributed by atoms with Gasteiger partial charge in [0.05, 0.1) is 14.2 Å². The van der Waals surface area contributed by atoms with E-state index in [0.717, 1.165) is 6.42 Å². The summed E-state index contributed by atoms with van der Waals surface area (Å²) in [7, 11) is -1.17. The molecule has 1 N–H and O–H groups in total. The summed E-state index contributed by atoms with van der Waals surface area (Å²) >= 11 is 0. The fraction of sp³-hybridized carbons (Fsp3) is 0.462. The van der Waals surface area contributed by atoms with Gasteiger partial charge in [0.2, 0.25) is 5.91 Å². The van der Waals surface area contributed by atoms with Gasteiger partial charge in [0.1, 0.15) is 16.4 Å². The molecule has 0 heterocycles. The maximum atomic E-state index is 12.3. The summed E-state index contributed by atoms with van der Waals surface area (Å²) < 4.78 is 36.6. The third-order valence-corrected chi connectivity index (χ3v) is 4.71. The Morgan fingerprint density at radius 3 is 2.45 bits per heavy atom. The summed E-state index contributed by atoms with van der Waals surface area (Å²) in [5, 5.41) is 0. The van der Waals surface area contributed by atoms with Crippen molar-refractivity contribution < 1.29 is 22.7 Å². The van der Waals surface area contributed by atoms with Crippen LogP contribution >= 0.6 is 0 Å². The highest BCUT2D eigenvalue weighted by Gasteiger charge is 2.41. The highest BCUT2D eigenvalue weighted by Crippen LogP contribution is 2.38. The molecule has 1 amide bonds. The number of ether oxygens (including phenoxy) is 2. The fourth-order valence-electron chi connectivity index (χ4n) is 1.94. The number of carbonyl (C=O) groups excluding carboxylic acids is 1. The number of hydrogen-bond donors (Lipinski definition) is 1. The highest BCUT2D eigenvalue weighted by atomic mass is 32.2. The van der Waals surface area contributed by atoms with E-state index >= 15 is 0 Å². The zero-order chi connectivity index (χ0) is 14.9. The van der Waals surface area contributed by atoms with Gasteiger partial charge in [0.25, 0.3) is 10.0 Å². The van der Waals surface area contributed by atoms with E-state index in [0.29, 0.717) is 5.75 Å². The van der Waals surface area contributed by atoms with E-state index in [9.17, 15) is 13.2 Å². The van der Waals surface area contributed by atoms with Gasteiger partial charge in [0, 0.05) is 12.0 Å². The minimum atomic E-state index is -3.97. The fourth-order valence-corrected chi connectivity index (χ4v) is 3.16. The van der Waals surface area contributed by atoms with Crippen LogP contribution in [-0.4, -0.2) is 28.5 Å². The van der Waals surface area contributed by atoms with E-state index in [4.69, 9.17) is 9.47 Å². The summed E-state index contributed by atoms with van der Waals surface area (Å²) in [6.45, 7) is 1.91. The largest absolute Gasteiger partial charge is 0.497 e. The van der Waals surface area contributed by atoms with Crippen molar-refractivity contribution in [3.63, 3.8) is 0 Å². The number of hydrogen-bond acceptors (Lipinski definition) is 5. The molecule has 0 spiro atoms. The molecule has 1 saturated carbocycles. The molecule has 2 atom stereocenters. The van der Waals surface area contributed by atoms with Gasteiger partial charge in [-0.05, 0) is 24.5 Å². The lowest BCUT2D eigenvalue weighted by atomic mass is 10.3. The average Bonchev–Trinajstić information content (AvgIpc) is 3.14. The monoisotopic (exact) mass is 299 g/mol. The standard InChI is InChI=1S/C13H17NO5S/c1-8-6-10(8)13(15)14-20(16,17)12-7-9(18-2)4-5-11(12)19-3/h4-5,7-8,10H,6H2,1-3H3,(H,14,15)/t8-,10-/m0/s1. The second kappa shape index (κ2) is 5.32. The van der Waals surface area contributed by atoms with Gasteiger partial charge in [-0.2, -0.15) is 0 Å². The van der Waals surface area contributed by atoms with E-state index in [1.165, 1.54) is 26.4 Å². The number of rotatable bonds is 5. The van der Waals surface area contributed by atoms with Crippen LogP contribution in [0.15, 0.2) is 23.1 Å². The maximum Gasteiger partial charge on any atom is 0.267 e. The Labute approximate surface area is 118 Å². The van der Waals surface area contributed by atoms with Crippen LogP contribution < -0.4 is 14.2 Å². The number of amides is 1. The molecular weight excluding hydrogens is 282 g/mol. The summed E-state index contributed by atoms with van der Waals surface area (Å²) in [5.41, 5.74) is 0. The van der Waals surface area contributed by atoms with Gasteiger partial charge in [-0.3, -0.25) is 4.79 Å². The van der Waals surface area contributed by atoms with Crippen LogP contribution in [0.1, 0.15) is 13.3 Å². The molecule has 110 valence electrons. The molecule has 6 nitrogen and oxygen atoms in total. The first-order valence-electron chi connectivity index (χ1n) is 6.17. The zero-order valence-electron chi connectivity index (χ0n) is 11.5.